The van der Waals surface area contributed by atoms with Crippen molar-refractivity contribution in [2.24, 2.45) is 9.98 Å². The summed E-state index contributed by atoms with van der Waals surface area (Å²) in [5.74, 6) is 4.29. The van der Waals surface area contributed by atoms with Gasteiger partial charge in [0.15, 0.2) is 11.6 Å². The summed E-state index contributed by atoms with van der Waals surface area (Å²) in [5.41, 5.74) is 9.81. The third-order valence-electron chi connectivity index (χ3n) is 16.4. The van der Waals surface area contributed by atoms with Crippen LogP contribution >= 0.6 is 62.3 Å². The Hall–Kier alpha value is -7.86. The van der Waals surface area contributed by atoms with E-state index >= 15 is 0 Å². The highest BCUT2D eigenvalue weighted by molar-refractivity contribution is 9.10. The zero-order valence-corrected chi connectivity index (χ0v) is 61.8. The fourth-order valence-electron chi connectivity index (χ4n) is 11.5. The first-order valence-corrected chi connectivity index (χ1v) is 34.5. The van der Waals surface area contributed by atoms with Gasteiger partial charge in [-0.3, -0.25) is 9.98 Å². The Balaban J connectivity index is 0.000000153. The molecule has 0 saturated carbocycles. The van der Waals surface area contributed by atoms with Crippen LogP contribution < -0.4 is 18.9 Å². The minimum atomic E-state index is -0.617. The first-order chi connectivity index (χ1) is 49.3. The monoisotopic (exact) mass is 1560 g/mol. The molecule has 0 bridgehead atoms. The Kier molecular flexibility index (Phi) is 28.8. The van der Waals surface area contributed by atoms with Crippen LogP contribution in [0.3, 0.4) is 0 Å². The van der Waals surface area contributed by atoms with Crippen LogP contribution in [0.2, 0.25) is 20.1 Å². The summed E-state index contributed by atoms with van der Waals surface area (Å²) in [6, 6.07) is 25.4. The number of ether oxygens (including phenoxy) is 11. The number of cyclic esters (lactones) is 1. The molecule has 0 radical (unpaired) electrons. The molecular formula is C71H76BrCl4F4N9O13. The number of nitrogens with zero attached hydrogens (tertiary/aromatic N) is 9. The first kappa shape index (κ1) is 78.3. The van der Waals surface area contributed by atoms with Crippen LogP contribution in [0.4, 0.5) is 17.6 Å². The molecular weight excluding hydrogens is 1480 g/mol. The van der Waals surface area contributed by atoms with E-state index in [4.69, 9.17) is 103 Å². The summed E-state index contributed by atoms with van der Waals surface area (Å²) in [4.78, 5) is 49.4. The predicted molar refractivity (Wildman–Crippen MR) is 383 cm³/mol. The number of fused-ring (bicyclic) bond motifs is 3. The number of hydrogen-bond donors (Lipinski definition) is 0. The molecule has 4 aromatic heterocycles. The lowest BCUT2D eigenvalue weighted by atomic mass is 10.1. The topological polar surface area (TPSA) is 227 Å². The Morgan fingerprint density at radius 2 is 0.912 bits per heavy atom. The summed E-state index contributed by atoms with van der Waals surface area (Å²) in [5, 5.41) is 2.04. The second kappa shape index (κ2) is 37.5. The Morgan fingerprint density at radius 3 is 1.36 bits per heavy atom. The van der Waals surface area contributed by atoms with Gasteiger partial charge in [-0.1, -0.05) is 46.4 Å². The van der Waals surface area contributed by atoms with Gasteiger partial charge in [-0.25, -0.2) is 47.1 Å². The molecule has 0 spiro atoms. The molecule has 102 heavy (non-hydrogen) atoms. The molecule has 0 unspecified atom stereocenters. The van der Waals surface area contributed by atoms with E-state index < -0.39 is 51.0 Å². The third kappa shape index (κ3) is 19.5. The molecule has 546 valence electrons. The number of rotatable bonds is 14. The molecule has 0 saturated heterocycles. The highest BCUT2D eigenvalue weighted by atomic mass is 79.9. The highest BCUT2D eigenvalue weighted by Crippen LogP contribution is 2.38. The average Bonchev–Trinajstić information content (AvgIpc) is 1.62. The number of methoxy groups -OCH3 is 6. The maximum atomic E-state index is 13.5. The van der Waals surface area contributed by atoms with E-state index in [0.29, 0.717) is 149 Å². The second-order valence-corrected chi connectivity index (χ2v) is 25.5. The predicted octanol–water partition coefficient (Wildman–Crippen LogP) is 14.0. The second-order valence-electron chi connectivity index (χ2n) is 23.1. The van der Waals surface area contributed by atoms with E-state index in [1.807, 2.05) is 59.4 Å². The Labute approximate surface area is 615 Å². The molecule has 4 atom stereocenters. The average molecular weight is 1560 g/mol. The van der Waals surface area contributed by atoms with E-state index in [2.05, 4.69) is 45.4 Å². The molecule has 4 aromatic carbocycles. The number of imidazole rings is 3. The van der Waals surface area contributed by atoms with Gasteiger partial charge in [0.2, 0.25) is 5.90 Å². The lowest BCUT2D eigenvalue weighted by Crippen LogP contribution is -2.21. The number of pyridine rings is 1. The van der Waals surface area contributed by atoms with Gasteiger partial charge in [0.05, 0.1) is 132 Å². The number of aromatic nitrogens is 7. The van der Waals surface area contributed by atoms with Crippen LogP contribution in [0.1, 0.15) is 50.9 Å². The van der Waals surface area contributed by atoms with Gasteiger partial charge >= 0.3 is 11.9 Å². The van der Waals surface area contributed by atoms with Crippen LogP contribution in [0.5, 0.6) is 23.0 Å². The smallest absolute Gasteiger partial charge is 0.358 e. The number of carbonyl (C=O) groups excluding carboxylic acids is 2. The van der Waals surface area contributed by atoms with Crippen molar-refractivity contribution < 1.29 is 79.3 Å². The third-order valence-corrected chi connectivity index (χ3v) is 18.3. The van der Waals surface area contributed by atoms with Gasteiger partial charge < -0.3 is 65.8 Å². The SMILES string of the molecule is COC(=O)c1nc(-c2ccc(Cl)c(OC)c2)n2c1CCO[C@H](CF)C2.COC1=NC[C@@H](CF)OCC1.COc1cc(-c2nc(-c3cc(C)nc(C)c3)c3n2C[C@@H](CF)OCC3)ccc1Cl.COc1cc(-c2nc(Br)c3n2C[C@@H](CF)OCC3)ccc1Cl.COc1cc(C2=NCC(=O)O2)ccc1Cl. The van der Waals surface area contributed by atoms with Crippen LogP contribution in [0, 0.1) is 13.8 Å². The van der Waals surface area contributed by atoms with Crippen molar-refractivity contribution in [2.45, 2.75) is 83.6 Å². The van der Waals surface area contributed by atoms with E-state index in [1.54, 1.807) is 69.9 Å². The number of aliphatic imine (C=N–C) groups is 2. The molecule has 5 aliphatic rings. The van der Waals surface area contributed by atoms with E-state index in [9.17, 15) is 27.2 Å². The molecule has 0 fully saturated rings. The standard InChI is InChI=1S/C22H23ClFN3O2.C17H18ClFN2O4.C15H15BrClFN2O2.C10H8ClNO3.C7H12FNO2/c1-13-8-16(9-14(2)25-13)21-19-6-7-29-17(11-24)12-27(19)22(26-21)15-4-5-18(23)20(10-15)28-3;1-23-14-7-10(3-4-12(14)18)16-20-15(17(22)24-2)13-5-6-25-11(8-19)9-21(13)16;1-21-13-6-9(2-3-11(13)17)15-19-14(16)12-4-5-22-10(7-18)8-20(12)15;1-14-8-4-6(2-3-7(8)11)10-12-5-9(13)15-10;1-10-7-2-3-11-6(4-8)5-9-7/h4-5,8-10,17H,6-7,11-12H2,1-3H3;3-4,7,11H,5-6,8-9H2,1-2H3;2-3,6,10H,4-5,7-8H2,1H3;2-4H,5H2,1H3;6H,2-5H2,1H3/t17-;11-;10-;;6-/m111.1/s1. The highest BCUT2D eigenvalue weighted by Gasteiger charge is 2.31. The summed E-state index contributed by atoms with van der Waals surface area (Å²) in [6.45, 7) is 5.11. The summed E-state index contributed by atoms with van der Waals surface area (Å²) in [7, 11) is 9.06. The van der Waals surface area contributed by atoms with Gasteiger partial charge in [-0.05, 0) is 115 Å². The zero-order chi connectivity index (χ0) is 73.1. The van der Waals surface area contributed by atoms with Crippen LogP contribution in [-0.4, -0.2) is 191 Å². The van der Waals surface area contributed by atoms with Crippen LogP contribution in [0.15, 0.2) is 99.5 Å². The van der Waals surface area contributed by atoms with Gasteiger partial charge in [-0.2, -0.15) is 0 Å². The molecule has 8 aromatic rings. The van der Waals surface area contributed by atoms with Gasteiger partial charge in [0.1, 0.15) is 103 Å². The number of benzene rings is 4. The molecule has 31 heteroatoms. The zero-order valence-electron chi connectivity index (χ0n) is 57.1. The Morgan fingerprint density at radius 1 is 0.500 bits per heavy atom. The first-order valence-electron chi connectivity index (χ1n) is 32.2. The Bertz CT molecular complexity index is 4280. The molecule has 0 amide bonds. The molecule has 5 aliphatic heterocycles. The van der Waals surface area contributed by atoms with Crippen molar-refractivity contribution in [1.29, 1.82) is 0 Å². The van der Waals surface area contributed by atoms with Crippen molar-refractivity contribution >= 4 is 86.1 Å². The van der Waals surface area contributed by atoms with Gasteiger partial charge in [0.25, 0.3) is 0 Å². The molecule has 13 rings (SSSR count). The maximum absolute atomic E-state index is 13.5. The van der Waals surface area contributed by atoms with Crippen molar-refractivity contribution in [3.05, 3.63) is 149 Å². The summed E-state index contributed by atoms with van der Waals surface area (Å²) in [6.07, 6.45) is 0.531. The normalized spacial score (nSPS) is 17.6. The molecule has 0 N–H and O–H groups in total. The molecule has 0 aliphatic carbocycles. The fraction of sp³-hybridized carbons (Fsp3) is 0.408. The van der Waals surface area contributed by atoms with Gasteiger partial charge in [-0.15, -0.1) is 0 Å². The summed E-state index contributed by atoms with van der Waals surface area (Å²) >= 11 is 27.7. The number of esters is 2. The van der Waals surface area contributed by atoms with E-state index in [1.165, 1.54) is 21.3 Å². The lowest BCUT2D eigenvalue weighted by molar-refractivity contribution is -0.132. The van der Waals surface area contributed by atoms with E-state index in [0.717, 1.165) is 61.4 Å². The number of carbonyl (C=O) groups is 2. The minimum absolute atomic E-state index is 0.0697. The molecule has 22 nitrogen and oxygen atoms in total. The van der Waals surface area contributed by atoms with E-state index in [-0.39, 0.29) is 30.9 Å². The van der Waals surface area contributed by atoms with Gasteiger partial charge in [0, 0.05) is 70.6 Å². The van der Waals surface area contributed by atoms with Crippen LogP contribution in [-0.2, 0) is 76.8 Å². The van der Waals surface area contributed by atoms with Crippen molar-refractivity contribution in [3.8, 4) is 68.4 Å². The van der Waals surface area contributed by atoms with Crippen molar-refractivity contribution in [3.63, 3.8) is 0 Å². The number of aryl methyl sites for hydroxylation is 2. The number of hydrogen-bond acceptors (Lipinski definition) is 19. The maximum Gasteiger partial charge on any atom is 0.358 e. The largest absolute Gasteiger partial charge is 0.495 e. The van der Waals surface area contributed by atoms with Crippen molar-refractivity contribution in [1.82, 2.24) is 33.6 Å². The van der Waals surface area contributed by atoms with Crippen LogP contribution in [0.25, 0.3) is 45.4 Å². The fourth-order valence-corrected chi connectivity index (χ4v) is 12.8. The number of alkyl halides is 4. The number of halogens is 9. The minimum Gasteiger partial charge on any atom is -0.495 e. The summed E-state index contributed by atoms with van der Waals surface area (Å²) < 4.78 is 116. The van der Waals surface area contributed by atoms with Crippen molar-refractivity contribution in [2.75, 3.05) is 109 Å². The lowest BCUT2D eigenvalue weighted by Gasteiger charge is -2.14. The quantitative estimate of drug-likeness (QED) is 0.0728. The molecule has 9 heterocycles.